The number of halogens is 2. The van der Waals surface area contributed by atoms with Crippen molar-refractivity contribution in [1.82, 2.24) is 4.98 Å². The molecule has 31 heavy (non-hydrogen) atoms. The summed E-state index contributed by atoms with van der Waals surface area (Å²) in [6.45, 7) is 2.36. The Morgan fingerprint density at radius 1 is 1.00 bits per heavy atom. The van der Waals surface area contributed by atoms with Crippen molar-refractivity contribution in [3.8, 4) is 11.1 Å². The first kappa shape index (κ1) is 22.3. The van der Waals surface area contributed by atoms with Gasteiger partial charge in [-0.15, -0.1) is 0 Å². The molecule has 9 nitrogen and oxygen atoms in total. The highest BCUT2D eigenvalue weighted by Crippen LogP contribution is 2.37. The molecule has 0 bridgehead atoms. The van der Waals surface area contributed by atoms with Crippen molar-refractivity contribution in [3.63, 3.8) is 0 Å². The minimum atomic E-state index is -0.513. The molecule has 0 aliphatic rings. The van der Waals surface area contributed by atoms with Gasteiger partial charge in [0.25, 0.3) is 11.4 Å². The third-order valence-corrected chi connectivity index (χ3v) is 4.93. The molecule has 0 saturated heterocycles. The highest BCUT2D eigenvalue weighted by molar-refractivity contribution is 6.36. The SMILES string of the molecule is CC(CNc1ccc([N+](=O)[O-])c(-c2ccc(Cl)cc2Cl)c1)Nc1ccc([N+](=O)[O-])cn1. The van der Waals surface area contributed by atoms with Gasteiger partial charge >= 0.3 is 0 Å². The Labute approximate surface area is 187 Å². The second-order valence-corrected chi connectivity index (χ2v) is 7.54. The molecular formula is C20H17Cl2N5O4. The van der Waals surface area contributed by atoms with E-state index in [2.05, 4.69) is 15.6 Å². The zero-order valence-electron chi connectivity index (χ0n) is 16.2. The molecule has 0 spiro atoms. The molecule has 1 heterocycles. The van der Waals surface area contributed by atoms with Crippen molar-refractivity contribution in [2.45, 2.75) is 13.0 Å². The minimum Gasteiger partial charge on any atom is -0.383 e. The van der Waals surface area contributed by atoms with E-state index < -0.39 is 9.85 Å². The third kappa shape index (κ3) is 5.59. The number of nitrogens with one attached hydrogen (secondary N) is 2. The van der Waals surface area contributed by atoms with Crippen LogP contribution in [0.2, 0.25) is 10.0 Å². The molecule has 0 fully saturated rings. The maximum Gasteiger partial charge on any atom is 0.287 e. The lowest BCUT2D eigenvalue weighted by Crippen LogP contribution is -2.25. The molecule has 0 aliphatic heterocycles. The number of benzene rings is 2. The fourth-order valence-electron chi connectivity index (χ4n) is 2.88. The zero-order valence-corrected chi connectivity index (χ0v) is 17.7. The second-order valence-electron chi connectivity index (χ2n) is 6.70. The lowest BCUT2D eigenvalue weighted by atomic mass is 10.0. The van der Waals surface area contributed by atoms with E-state index in [4.69, 9.17) is 23.2 Å². The molecule has 11 heteroatoms. The van der Waals surface area contributed by atoms with E-state index in [1.54, 1.807) is 24.3 Å². The van der Waals surface area contributed by atoms with Crippen LogP contribution in [0.1, 0.15) is 6.92 Å². The van der Waals surface area contributed by atoms with Crippen LogP contribution in [0, 0.1) is 20.2 Å². The lowest BCUT2D eigenvalue weighted by Gasteiger charge is -2.16. The summed E-state index contributed by atoms with van der Waals surface area (Å²) < 4.78 is 0. The predicted octanol–water partition coefficient (Wildman–Crippen LogP) is 5.78. The van der Waals surface area contributed by atoms with E-state index in [0.29, 0.717) is 39.2 Å². The number of hydrogen-bond donors (Lipinski definition) is 2. The molecule has 160 valence electrons. The number of aromatic nitrogens is 1. The molecule has 1 aromatic heterocycles. The maximum absolute atomic E-state index is 11.5. The van der Waals surface area contributed by atoms with Crippen LogP contribution in [0.5, 0.6) is 0 Å². The van der Waals surface area contributed by atoms with Gasteiger partial charge in [-0.2, -0.15) is 0 Å². The van der Waals surface area contributed by atoms with Crippen LogP contribution in [-0.2, 0) is 0 Å². The Bertz CT molecular complexity index is 1130. The van der Waals surface area contributed by atoms with Crippen molar-refractivity contribution < 1.29 is 9.85 Å². The highest BCUT2D eigenvalue weighted by Gasteiger charge is 2.18. The van der Waals surface area contributed by atoms with Crippen LogP contribution < -0.4 is 10.6 Å². The summed E-state index contributed by atoms with van der Waals surface area (Å²) in [4.78, 5) is 25.2. The molecule has 1 atom stereocenters. The van der Waals surface area contributed by atoms with Crippen LogP contribution in [-0.4, -0.2) is 27.4 Å². The van der Waals surface area contributed by atoms with E-state index in [-0.39, 0.29) is 17.4 Å². The molecule has 0 radical (unpaired) electrons. The summed E-state index contributed by atoms with van der Waals surface area (Å²) in [6.07, 6.45) is 1.18. The second kappa shape index (κ2) is 9.59. The van der Waals surface area contributed by atoms with Gasteiger partial charge in [0.1, 0.15) is 12.0 Å². The minimum absolute atomic E-state index is 0.0731. The lowest BCUT2D eigenvalue weighted by molar-refractivity contribution is -0.385. The molecule has 0 aliphatic carbocycles. The van der Waals surface area contributed by atoms with Crippen molar-refractivity contribution in [2.24, 2.45) is 0 Å². The number of anilines is 2. The summed E-state index contributed by atoms with van der Waals surface area (Å²) in [5.41, 5.74) is 1.38. The first-order valence-corrected chi connectivity index (χ1v) is 9.85. The van der Waals surface area contributed by atoms with E-state index in [1.165, 1.54) is 30.5 Å². The van der Waals surface area contributed by atoms with Crippen LogP contribution in [0.3, 0.4) is 0 Å². The summed E-state index contributed by atoms with van der Waals surface area (Å²) in [7, 11) is 0. The first-order valence-electron chi connectivity index (χ1n) is 9.09. The number of nitro groups is 2. The Morgan fingerprint density at radius 3 is 2.39 bits per heavy atom. The van der Waals surface area contributed by atoms with Crippen LogP contribution >= 0.6 is 23.2 Å². The van der Waals surface area contributed by atoms with E-state index in [0.717, 1.165) is 0 Å². The predicted molar refractivity (Wildman–Crippen MR) is 121 cm³/mol. The monoisotopic (exact) mass is 461 g/mol. The van der Waals surface area contributed by atoms with Gasteiger partial charge in [0.15, 0.2) is 0 Å². The van der Waals surface area contributed by atoms with Crippen molar-refractivity contribution >= 4 is 46.1 Å². The number of nitro benzene ring substituents is 1. The van der Waals surface area contributed by atoms with Gasteiger partial charge < -0.3 is 10.6 Å². The number of rotatable bonds is 8. The summed E-state index contributed by atoms with van der Waals surface area (Å²) in [6, 6.07) is 12.3. The normalized spacial score (nSPS) is 11.6. The molecular weight excluding hydrogens is 445 g/mol. The molecule has 0 amide bonds. The molecule has 3 aromatic rings. The summed E-state index contributed by atoms with van der Waals surface area (Å²) in [5.74, 6) is 0.497. The Balaban J connectivity index is 1.74. The Hall–Kier alpha value is -3.43. The van der Waals surface area contributed by atoms with Crippen molar-refractivity contribution in [2.75, 3.05) is 17.2 Å². The van der Waals surface area contributed by atoms with Crippen LogP contribution in [0.15, 0.2) is 54.7 Å². The fraction of sp³-hybridized carbons (Fsp3) is 0.150. The fourth-order valence-corrected chi connectivity index (χ4v) is 3.39. The summed E-state index contributed by atoms with van der Waals surface area (Å²) >= 11 is 12.2. The molecule has 0 saturated carbocycles. The van der Waals surface area contributed by atoms with E-state index in [9.17, 15) is 20.2 Å². The van der Waals surface area contributed by atoms with Gasteiger partial charge in [-0.05, 0) is 37.3 Å². The number of nitrogens with zero attached hydrogens (tertiary/aromatic N) is 3. The zero-order chi connectivity index (χ0) is 22.5. The van der Waals surface area contributed by atoms with Gasteiger partial charge in [-0.3, -0.25) is 20.2 Å². The number of hydrogen-bond acceptors (Lipinski definition) is 7. The average Bonchev–Trinajstić information content (AvgIpc) is 2.72. The van der Waals surface area contributed by atoms with Crippen LogP contribution in [0.25, 0.3) is 11.1 Å². The van der Waals surface area contributed by atoms with E-state index in [1.807, 2.05) is 6.92 Å². The van der Waals surface area contributed by atoms with Crippen molar-refractivity contribution in [1.29, 1.82) is 0 Å². The summed E-state index contributed by atoms with van der Waals surface area (Å²) in [5, 5.41) is 29.3. The Kier molecular flexibility index (Phi) is 6.88. The van der Waals surface area contributed by atoms with Gasteiger partial charge in [0.2, 0.25) is 0 Å². The molecule has 1 unspecified atom stereocenters. The standard InChI is InChI=1S/C20H17Cl2N5O4/c1-12(25-20-7-4-15(11-24-20)26(28)29)10-23-14-3-6-19(27(30)31)17(9-14)16-5-2-13(21)8-18(16)22/h2-9,11-12,23H,10H2,1H3,(H,24,25). The van der Waals surface area contributed by atoms with Gasteiger partial charge in [0, 0.05) is 41.0 Å². The Morgan fingerprint density at radius 2 is 1.77 bits per heavy atom. The average molecular weight is 462 g/mol. The molecule has 2 N–H and O–H groups in total. The van der Waals surface area contributed by atoms with Gasteiger partial charge in [-0.1, -0.05) is 29.3 Å². The highest BCUT2D eigenvalue weighted by atomic mass is 35.5. The van der Waals surface area contributed by atoms with Gasteiger partial charge in [-0.25, -0.2) is 4.98 Å². The topological polar surface area (TPSA) is 123 Å². The van der Waals surface area contributed by atoms with Crippen LogP contribution in [0.4, 0.5) is 22.9 Å². The molecule has 2 aromatic carbocycles. The first-order chi connectivity index (χ1) is 14.7. The largest absolute Gasteiger partial charge is 0.383 e. The van der Waals surface area contributed by atoms with Gasteiger partial charge in [0.05, 0.1) is 20.4 Å². The third-order valence-electron chi connectivity index (χ3n) is 4.38. The quantitative estimate of drug-likeness (QED) is 0.321. The molecule has 3 rings (SSSR count). The smallest absolute Gasteiger partial charge is 0.287 e. The number of pyridine rings is 1. The van der Waals surface area contributed by atoms with Crippen molar-refractivity contribution in [3.05, 3.63) is 85.0 Å². The maximum atomic E-state index is 11.5. The van der Waals surface area contributed by atoms with E-state index >= 15 is 0 Å².